The average molecular weight is 419 g/mol. The third kappa shape index (κ3) is 5.17. The van der Waals surface area contributed by atoms with E-state index in [-0.39, 0.29) is 6.42 Å². The topological polar surface area (TPSA) is 89.3 Å². The highest BCUT2D eigenvalue weighted by Crippen LogP contribution is 2.25. The summed E-state index contributed by atoms with van der Waals surface area (Å²) in [6.07, 6.45) is 0.0541. The zero-order chi connectivity index (χ0) is 19.9. The number of hydrogen-bond acceptors (Lipinski definition) is 6. The first-order valence-corrected chi connectivity index (χ1v) is 9.86. The van der Waals surface area contributed by atoms with Gasteiger partial charge in [0.1, 0.15) is 5.75 Å². The number of halogens is 1. The first kappa shape index (κ1) is 20.0. The van der Waals surface area contributed by atoms with Gasteiger partial charge in [0, 0.05) is 22.2 Å². The molecule has 28 heavy (non-hydrogen) atoms. The number of anilines is 1. The molecule has 0 fully saturated rings. The van der Waals surface area contributed by atoms with Crippen LogP contribution >= 0.6 is 23.4 Å². The molecule has 2 aromatic carbocycles. The summed E-state index contributed by atoms with van der Waals surface area (Å²) in [5.41, 5.74) is 1.78. The molecule has 9 heteroatoms. The number of ether oxygens (including phenoxy) is 1. The van der Waals surface area contributed by atoms with Gasteiger partial charge in [-0.3, -0.25) is 9.36 Å². The molecule has 0 saturated carbocycles. The molecule has 0 bridgehead atoms. The molecule has 1 heterocycles. The average Bonchev–Trinajstić information content (AvgIpc) is 3.10. The lowest BCUT2D eigenvalue weighted by Crippen LogP contribution is -2.08. The number of nitrogens with one attached hydrogen (secondary N) is 1. The molecule has 0 aliphatic carbocycles. The molecule has 3 aromatic rings. The molecule has 0 aliphatic rings. The minimum Gasteiger partial charge on any atom is -0.497 e. The third-order valence-corrected chi connectivity index (χ3v) is 5.06. The first-order valence-electron chi connectivity index (χ1n) is 8.49. The lowest BCUT2D eigenvalue weighted by atomic mass is 10.3. The molecular formula is C19H19ClN4O3S. The van der Waals surface area contributed by atoms with Crippen LogP contribution < -0.4 is 10.1 Å². The zero-order valence-corrected chi connectivity index (χ0v) is 16.7. The van der Waals surface area contributed by atoms with E-state index in [1.807, 2.05) is 53.1 Å². The van der Waals surface area contributed by atoms with Crippen molar-refractivity contribution in [3.63, 3.8) is 0 Å². The molecule has 0 atom stereocenters. The predicted molar refractivity (Wildman–Crippen MR) is 110 cm³/mol. The molecule has 0 saturated heterocycles. The molecule has 1 aromatic heterocycles. The number of carbonyl (C=O) groups is 1. The zero-order valence-electron chi connectivity index (χ0n) is 15.1. The minimum absolute atomic E-state index is 0.0541. The Morgan fingerprint density at radius 2 is 1.89 bits per heavy atom. The number of thioether (sulfide) groups is 1. The monoisotopic (exact) mass is 418 g/mol. The number of carboxylic acid groups (broad SMARTS) is 1. The Hall–Kier alpha value is -2.71. The van der Waals surface area contributed by atoms with Gasteiger partial charge in [-0.05, 0) is 48.5 Å². The molecule has 0 spiro atoms. The number of nitrogens with zero attached hydrogens (tertiary/aromatic N) is 3. The Balaban J connectivity index is 1.84. The van der Waals surface area contributed by atoms with Crippen molar-refractivity contribution in [1.29, 1.82) is 0 Å². The van der Waals surface area contributed by atoms with Gasteiger partial charge in [-0.1, -0.05) is 23.4 Å². The highest BCUT2D eigenvalue weighted by molar-refractivity contribution is 7.99. The van der Waals surface area contributed by atoms with Gasteiger partial charge in [0.15, 0.2) is 11.0 Å². The van der Waals surface area contributed by atoms with Gasteiger partial charge in [0.2, 0.25) is 0 Å². The van der Waals surface area contributed by atoms with Gasteiger partial charge in [-0.25, -0.2) is 0 Å². The minimum atomic E-state index is -0.840. The van der Waals surface area contributed by atoms with E-state index in [0.717, 1.165) is 17.1 Å². The highest BCUT2D eigenvalue weighted by atomic mass is 35.5. The number of methoxy groups -OCH3 is 1. The van der Waals surface area contributed by atoms with E-state index in [2.05, 4.69) is 15.5 Å². The normalized spacial score (nSPS) is 10.6. The fourth-order valence-electron chi connectivity index (χ4n) is 2.48. The van der Waals surface area contributed by atoms with Crippen LogP contribution in [-0.4, -0.2) is 38.7 Å². The van der Waals surface area contributed by atoms with Crippen molar-refractivity contribution in [2.45, 2.75) is 18.1 Å². The molecular weight excluding hydrogens is 400 g/mol. The second-order valence-corrected chi connectivity index (χ2v) is 7.28. The summed E-state index contributed by atoms with van der Waals surface area (Å²) >= 11 is 7.28. The van der Waals surface area contributed by atoms with Crippen LogP contribution in [0.3, 0.4) is 0 Å². The summed E-state index contributed by atoms with van der Waals surface area (Å²) in [6.45, 7) is 0.445. The summed E-state index contributed by atoms with van der Waals surface area (Å²) < 4.78 is 7.13. The number of carboxylic acids is 1. The van der Waals surface area contributed by atoms with Gasteiger partial charge in [-0.2, -0.15) is 0 Å². The molecule has 3 rings (SSSR count). The lowest BCUT2D eigenvalue weighted by Gasteiger charge is -2.12. The molecule has 146 valence electrons. The van der Waals surface area contributed by atoms with Crippen molar-refractivity contribution in [2.75, 3.05) is 18.2 Å². The van der Waals surface area contributed by atoms with Gasteiger partial charge in [-0.15, -0.1) is 10.2 Å². The van der Waals surface area contributed by atoms with Crippen LogP contribution in [0, 0.1) is 0 Å². The van der Waals surface area contributed by atoms with E-state index in [1.165, 1.54) is 11.8 Å². The number of aromatic nitrogens is 3. The summed E-state index contributed by atoms with van der Waals surface area (Å²) in [5.74, 6) is 1.03. The Morgan fingerprint density at radius 3 is 2.54 bits per heavy atom. The maximum absolute atomic E-state index is 10.8. The Bertz CT molecular complexity index is 929. The molecule has 7 nitrogen and oxygen atoms in total. The predicted octanol–water partition coefficient (Wildman–Crippen LogP) is 4.11. The van der Waals surface area contributed by atoms with E-state index in [9.17, 15) is 4.79 Å². The van der Waals surface area contributed by atoms with Crippen molar-refractivity contribution in [3.8, 4) is 11.4 Å². The van der Waals surface area contributed by atoms with E-state index in [1.54, 1.807) is 7.11 Å². The molecule has 0 radical (unpaired) electrons. The van der Waals surface area contributed by atoms with Crippen LogP contribution in [0.15, 0.2) is 53.7 Å². The van der Waals surface area contributed by atoms with Crippen molar-refractivity contribution < 1.29 is 14.6 Å². The Morgan fingerprint density at radius 1 is 1.18 bits per heavy atom. The maximum Gasteiger partial charge on any atom is 0.304 e. The van der Waals surface area contributed by atoms with Gasteiger partial charge < -0.3 is 15.2 Å². The summed E-state index contributed by atoms with van der Waals surface area (Å²) in [7, 11) is 1.61. The van der Waals surface area contributed by atoms with E-state index >= 15 is 0 Å². The van der Waals surface area contributed by atoms with Crippen LogP contribution in [0.5, 0.6) is 5.75 Å². The molecule has 2 N–H and O–H groups in total. The van der Waals surface area contributed by atoms with Crippen molar-refractivity contribution >= 4 is 35.0 Å². The van der Waals surface area contributed by atoms with Crippen molar-refractivity contribution in [1.82, 2.24) is 14.8 Å². The Kier molecular flexibility index (Phi) is 6.78. The van der Waals surface area contributed by atoms with E-state index < -0.39 is 5.97 Å². The smallest absolute Gasteiger partial charge is 0.304 e. The SMILES string of the molecule is COc1ccc(-n2c(CNc3ccc(Cl)cc3)nnc2SCCC(=O)O)cc1. The van der Waals surface area contributed by atoms with Crippen LogP contribution in [0.25, 0.3) is 5.69 Å². The fourth-order valence-corrected chi connectivity index (χ4v) is 3.50. The van der Waals surface area contributed by atoms with Gasteiger partial charge in [0.25, 0.3) is 0 Å². The molecule has 0 unspecified atom stereocenters. The highest BCUT2D eigenvalue weighted by Gasteiger charge is 2.15. The number of hydrogen-bond donors (Lipinski definition) is 2. The van der Waals surface area contributed by atoms with Crippen LogP contribution in [-0.2, 0) is 11.3 Å². The standard InChI is InChI=1S/C19H19ClN4O3S/c1-27-16-8-6-15(7-9-16)24-17(12-21-14-4-2-13(20)3-5-14)22-23-19(24)28-11-10-18(25)26/h2-9,21H,10-12H2,1H3,(H,25,26). The van der Waals surface area contributed by atoms with E-state index in [0.29, 0.717) is 28.3 Å². The molecule has 0 amide bonds. The molecule has 0 aliphatic heterocycles. The number of rotatable bonds is 9. The summed E-state index contributed by atoms with van der Waals surface area (Å²) in [5, 5.41) is 22.0. The van der Waals surface area contributed by atoms with E-state index in [4.69, 9.17) is 21.4 Å². The van der Waals surface area contributed by atoms with Gasteiger partial charge in [0.05, 0.1) is 20.1 Å². The lowest BCUT2D eigenvalue weighted by molar-refractivity contribution is -0.136. The fraction of sp³-hybridized carbons (Fsp3) is 0.211. The summed E-state index contributed by atoms with van der Waals surface area (Å²) in [4.78, 5) is 10.8. The van der Waals surface area contributed by atoms with Crippen LogP contribution in [0.2, 0.25) is 5.02 Å². The second-order valence-electron chi connectivity index (χ2n) is 5.78. The Labute approximate surface area is 171 Å². The van der Waals surface area contributed by atoms with Gasteiger partial charge >= 0.3 is 5.97 Å². The maximum atomic E-state index is 10.8. The van der Waals surface area contributed by atoms with Crippen molar-refractivity contribution in [3.05, 3.63) is 59.4 Å². The third-order valence-electron chi connectivity index (χ3n) is 3.87. The first-order chi connectivity index (χ1) is 13.6. The van der Waals surface area contributed by atoms with Crippen LogP contribution in [0.1, 0.15) is 12.2 Å². The quantitative estimate of drug-likeness (QED) is 0.505. The summed E-state index contributed by atoms with van der Waals surface area (Å²) in [6, 6.07) is 14.9. The van der Waals surface area contributed by atoms with Crippen LogP contribution in [0.4, 0.5) is 5.69 Å². The number of benzene rings is 2. The second kappa shape index (κ2) is 9.48. The number of aliphatic carboxylic acids is 1. The van der Waals surface area contributed by atoms with Crippen molar-refractivity contribution in [2.24, 2.45) is 0 Å². The largest absolute Gasteiger partial charge is 0.497 e.